The molecule has 2 aliphatic rings. The highest BCUT2D eigenvalue weighted by Gasteiger charge is 2.64. The molecule has 40 heavy (non-hydrogen) atoms. The number of aromatic hydroxyl groups is 1. The number of nitrogens with one attached hydrogen (secondary N) is 1. The highest BCUT2D eigenvalue weighted by Crippen LogP contribution is 2.55. The number of likely N-dealkylation sites (N-methyl/N-ethyl adjacent to an activating group) is 1. The van der Waals surface area contributed by atoms with Crippen LogP contribution in [0.3, 0.4) is 0 Å². The fourth-order valence-electron chi connectivity index (χ4n) is 6.54. The molecule has 2 aromatic rings. The third-order valence-corrected chi connectivity index (χ3v) is 8.25. The van der Waals surface area contributed by atoms with Gasteiger partial charge >= 0.3 is 12.1 Å². The third-order valence-electron chi connectivity index (χ3n) is 8.25. The van der Waals surface area contributed by atoms with Crippen LogP contribution in [-0.2, 0) is 25.9 Å². The van der Waals surface area contributed by atoms with Crippen LogP contribution in [-0.4, -0.2) is 59.8 Å². The van der Waals surface area contributed by atoms with Crippen molar-refractivity contribution in [3.05, 3.63) is 77.9 Å². The number of ether oxygens (including phenoxy) is 1. The van der Waals surface area contributed by atoms with Crippen molar-refractivity contribution < 1.29 is 37.1 Å². The van der Waals surface area contributed by atoms with E-state index in [1.165, 1.54) is 19.1 Å². The van der Waals surface area contributed by atoms with Gasteiger partial charge in [-0.25, -0.2) is 0 Å². The SMILES string of the molecule is C=CC[N@@+]1(C)CC[C@@]2(c3cccc(O)c3)C[C@H](NC(=O)C#Cc3ccc(C(F)(F)F)cc3)CCC2(OC(C)=O)C1. The van der Waals surface area contributed by atoms with Crippen molar-refractivity contribution >= 4 is 11.9 Å². The number of esters is 1. The maximum Gasteiger partial charge on any atom is 0.416 e. The van der Waals surface area contributed by atoms with Gasteiger partial charge in [0.25, 0.3) is 5.91 Å². The second-order valence-electron chi connectivity index (χ2n) is 11.2. The number of benzene rings is 2. The van der Waals surface area contributed by atoms with Gasteiger partial charge in [-0.1, -0.05) is 24.6 Å². The number of likely N-dealkylation sites (tertiary alicyclic amines) is 1. The Labute approximate surface area is 232 Å². The van der Waals surface area contributed by atoms with E-state index < -0.39 is 28.7 Å². The molecule has 4 rings (SSSR count). The van der Waals surface area contributed by atoms with Crippen molar-refractivity contribution in [3.63, 3.8) is 0 Å². The lowest BCUT2D eigenvalue weighted by Crippen LogP contribution is -2.72. The summed E-state index contributed by atoms with van der Waals surface area (Å²) < 4.78 is 45.3. The number of hydrogen-bond donors (Lipinski definition) is 2. The number of quaternary nitrogens is 1. The quantitative estimate of drug-likeness (QED) is 0.243. The minimum absolute atomic E-state index is 0.103. The zero-order valence-corrected chi connectivity index (χ0v) is 22.7. The van der Waals surface area contributed by atoms with Gasteiger partial charge in [0.05, 0.1) is 25.7 Å². The average Bonchev–Trinajstić information content (AvgIpc) is 2.87. The summed E-state index contributed by atoms with van der Waals surface area (Å²) in [6.07, 6.45) is -0.439. The highest BCUT2D eigenvalue weighted by molar-refractivity contribution is 5.94. The smallest absolute Gasteiger partial charge is 0.416 e. The Morgan fingerprint density at radius 1 is 1.23 bits per heavy atom. The Morgan fingerprint density at radius 2 is 1.95 bits per heavy atom. The standard InChI is InChI=1S/C31H33F3N2O4/c1-4-17-36(3)18-16-29(25-6-5-7-27(38)19-25)20-26(14-15-30(29,21-36)40-22(2)37)35-28(39)13-10-23-8-11-24(12-9-23)31(32,33)34/h4-9,11-12,19,26H,1,14-18,20-21H2,2-3H3,(H-,35,38,39)/p+1/t26-,29+,30?,36+/m1/s1. The van der Waals surface area contributed by atoms with Crippen molar-refractivity contribution in [2.75, 3.05) is 26.7 Å². The largest absolute Gasteiger partial charge is 0.508 e. The Hall–Kier alpha value is -3.77. The molecule has 2 N–H and O–H groups in total. The fourth-order valence-corrected chi connectivity index (χ4v) is 6.54. The van der Waals surface area contributed by atoms with E-state index in [2.05, 4.69) is 30.8 Å². The number of hydrogen-bond acceptors (Lipinski definition) is 4. The summed E-state index contributed by atoms with van der Waals surface area (Å²) in [5, 5.41) is 13.3. The number of fused-ring (bicyclic) bond motifs is 1. The van der Waals surface area contributed by atoms with Crippen molar-refractivity contribution in [1.29, 1.82) is 0 Å². The van der Waals surface area contributed by atoms with Crippen LogP contribution in [0.4, 0.5) is 13.2 Å². The molecule has 1 saturated heterocycles. The second-order valence-corrected chi connectivity index (χ2v) is 11.2. The van der Waals surface area contributed by atoms with Crippen LogP contribution in [0.15, 0.2) is 61.2 Å². The molecule has 0 aromatic heterocycles. The van der Waals surface area contributed by atoms with Crippen LogP contribution in [0.1, 0.15) is 49.3 Å². The number of phenols is 1. The highest BCUT2D eigenvalue weighted by atomic mass is 19.4. The number of rotatable bonds is 5. The summed E-state index contributed by atoms with van der Waals surface area (Å²) >= 11 is 0. The van der Waals surface area contributed by atoms with E-state index in [9.17, 15) is 27.9 Å². The molecule has 1 unspecified atom stereocenters. The summed E-state index contributed by atoms with van der Waals surface area (Å²) in [5.74, 6) is 4.29. The van der Waals surface area contributed by atoms with Gasteiger partial charge in [-0.15, -0.1) is 0 Å². The van der Waals surface area contributed by atoms with Crippen molar-refractivity contribution in [2.45, 2.75) is 55.8 Å². The molecule has 2 aromatic carbocycles. The van der Waals surface area contributed by atoms with Gasteiger partial charge in [0.1, 0.15) is 12.3 Å². The van der Waals surface area contributed by atoms with E-state index in [-0.39, 0.29) is 17.8 Å². The van der Waals surface area contributed by atoms with Crippen LogP contribution in [0.2, 0.25) is 0 Å². The van der Waals surface area contributed by atoms with Crippen molar-refractivity contribution in [3.8, 4) is 17.6 Å². The molecule has 1 amide bonds. The molecule has 1 aliphatic carbocycles. The van der Waals surface area contributed by atoms with E-state index in [0.717, 1.165) is 24.2 Å². The molecule has 2 fully saturated rings. The molecule has 1 saturated carbocycles. The number of halogens is 3. The van der Waals surface area contributed by atoms with Crippen LogP contribution < -0.4 is 5.32 Å². The lowest BCUT2D eigenvalue weighted by Gasteiger charge is -2.60. The monoisotopic (exact) mass is 555 g/mol. The van der Waals surface area contributed by atoms with Gasteiger partial charge in [-0.05, 0) is 67.3 Å². The summed E-state index contributed by atoms with van der Waals surface area (Å²) in [5.41, 5.74) is -1.19. The molecule has 1 aliphatic heterocycles. The first-order valence-corrected chi connectivity index (χ1v) is 13.2. The third kappa shape index (κ3) is 6.02. The fraction of sp³-hybridized carbons (Fsp3) is 0.419. The van der Waals surface area contributed by atoms with Gasteiger partial charge in [0.2, 0.25) is 0 Å². The number of piperidine rings is 1. The molecular weight excluding hydrogens is 521 g/mol. The van der Waals surface area contributed by atoms with Crippen molar-refractivity contribution in [2.24, 2.45) is 0 Å². The van der Waals surface area contributed by atoms with Gasteiger partial charge < -0.3 is 19.6 Å². The summed E-state index contributed by atoms with van der Waals surface area (Å²) in [4.78, 5) is 25.3. The maximum absolute atomic E-state index is 12.8. The minimum Gasteiger partial charge on any atom is -0.508 e. The Bertz CT molecular complexity index is 1350. The van der Waals surface area contributed by atoms with Gasteiger partial charge in [-0.3, -0.25) is 9.59 Å². The molecule has 1 heterocycles. The zero-order chi connectivity index (χ0) is 29.2. The van der Waals surface area contributed by atoms with Crippen LogP contribution in [0.25, 0.3) is 0 Å². The molecule has 212 valence electrons. The summed E-state index contributed by atoms with van der Waals surface area (Å²) in [6, 6.07) is 11.0. The number of nitrogens with zero attached hydrogens (tertiary/aromatic N) is 1. The first kappa shape index (κ1) is 29.2. The first-order chi connectivity index (χ1) is 18.8. The number of carbonyl (C=O) groups excluding carboxylic acids is 2. The first-order valence-electron chi connectivity index (χ1n) is 13.2. The Balaban J connectivity index is 1.62. The van der Waals surface area contributed by atoms with E-state index in [0.29, 0.717) is 48.8 Å². The molecule has 0 spiro atoms. The van der Waals surface area contributed by atoms with Crippen LogP contribution >= 0.6 is 0 Å². The maximum atomic E-state index is 12.8. The number of phenolic OH excluding ortho intramolecular Hbond substituents is 1. The molecule has 4 atom stereocenters. The number of alkyl halides is 3. The van der Waals surface area contributed by atoms with Crippen molar-refractivity contribution in [1.82, 2.24) is 5.32 Å². The zero-order valence-electron chi connectivity index (χ0n) is 22.7. The number of carbonyl (C=O) groups is 2. The lowest BCUT2D eigenvalue weighted by atomic mass is 9.54. The van der Waals surface area contributed by atoms with Gasteiger partial charge in [0.15, 0.2) is 5.60 Å². The molecule has 0 radical (unpaired) electrons. The van der Waals surface area contributed by atoms with Crippen LogP contribution in [0.5, 0.6) is 5.75 Å². The number of amides is 1. The predicted molar refractivity (Wildman–Crippen MR) is 144 cm³/mol. The van der Waals surface area contributed by atoms with E-state index >= 15 is 0 Å². The topological polar surface area (TPSA) is 75.6 Å². The molecule has 0 bridgehead atoms. The normalized spacial score (nSPS) is 27.9. The molecule has 9 heteroatoms. The second kappa shape index (κ2) is 11.0. The minimum atomic E-state index is -4.45. The van der Waals surface area contributed by atoms with E-state index in [1.54, 1.807) is 18.2 Å². The van der Waals surface area contributed by atoms with Gasteiger partial charge in [0, 0.05) is 36.3 Å². The predicted octanol–water partition coefficient (Wildman–Crippen LogP) is 4.71. The molecule has 6 nitrogen and oxygen atoms in total. The van der Waals surface area contributed by atoms with E-state index in [1.807, 2.05) is 12.1 Å². The van der Waals surface area contributed by atoms with Gasteiger partial charge in [-0.2, -0.15) is 13.2 Å². The van der Waals surface area contributed by atoms with Crippen LogP contribution in [0, 0.1) is 11.8 Å². The van der Waals surface area contributed by atoms with E-state index in [4.69, 9.17) is 4.74 Å². The molecular formula is C31H34F3N2O4+. The summed E-state index contributed by atoms with van der Waals surface area (Å²) in [6.45, 7) is 7.35. The Morgan fingerprint density at radius 3 is 2.58 bits per heavy atom. The Kier molecular flexibility index (Phi) is 8.04. The average molecular weight is 556 g/mol. The lowest BCUT2D eigenvalue weighted by molar-refractivity contribution is -0.917. The summed E-state index contributed by atoms with van der Waals surface area (Å²) in [7, 11) is 2.12.